The van der Waals surface area contributed by atoms with Crippen molar-refractivity contribution in [3.8, 4) is 0 Å². The van der Waals surface area contributed by atoms with Gasteiger partial charge in [-0.15, -0.1) is 0 Å². The van der Waals surface area contributed by atoms with Gasteiger partial charge in [0.05, 0.1) is 13.7 Å². The Balaban J connectivity index is 2.34. The average molecular weight is 379 g/mol. The van der Waals surface area contributed by atoms with Gasteiger partial charge in [-0.05, 0) is 37.8 Å². The van der Waals surface area contributed by atoms with Gasteiger partial charge in [0, 0.05) is 13.2 Å². The molecular formula is C20H32NO2SSi. The van der Waals surface area contributed by atoms with E-state index in [4.69, 9.17) is 0 Å². The van der Waals surface area contributed by atoms with Gasteiger partial charge in [-0.25, -0.2) is 8.42 Å². The fourth-order valence-corrected chi connectivity index (χ4v) is 7.42. The number of allylic oxidation sites excluding steroid dienone is 1. The lowest BCUT2D eigenvalue weighted by atomic mass is 9.89. The molecule has 139 valence electrons. The first-order chi connectivity index (χ1) is 11.9. The quantitative estimate of drug-likeness (QED) is 0.615. The second-order valence-electron chi connectivity index (χ2n) is 7.06. The zero-order chi connectivity index (χ0) is 18.4. The molecule has 1 aliphatic carbocycles. The Morgan fingerprint density at radius 3 is 2.20 bits per heavy atom. The Bertz CT molecular complexity index is 672. The number of benzene rings is 1. The molecule has 1 saturated carbocycles. The largest absolute Gasteiger partial charge is 0.277 e. The van der Waals surface area contributed by atoms with E-state index in [1.165, 1.54) is 53.7 Å². The van der Waals surface area contributed by atoms with Crippen LogP contribution in [0.25, 0.3) is 0 Å². The average Bonchev–Trinajstić information content (AvgIpc) is 2.62. The molecule has 3 nitrogen and oxygen atoms in total. The highest BCUT2D eigenvalue weighted by molar-refractivity contribution is 7.89. The summed E-state index contributed by atoms with van der Waals surface area (Å²) in [6.45, 7) is 6.48. The summed E-state index contributed by atoms with van der Waals surface area (Å²) in [5.74, 6) is 0.582. The summed E-state index contributed by atoms with van der Waals surface area (Å²) in [6.07, 6.45) is 8.29. The highest BCUT2D eigenvalue weighted by Crippen LogP contribution is 2.33. The summed E-state index contributed by atoms with van der Waals surface area (Å²) < 4.78 is 27.4. The fourth-order valence-electron chi connectivity index (χ4n) is 3.70. The standard InChI is InChI=1S/C20H32NO2SSi/c1-5-25(6-2)20(18-10-8-7-9-11-18)16-21(4)24(22,23)19-14-12-17(3)13-15-19/h12-16,18H,5-11H2,1-4H3/b20-16-. The molecule has 0 N–H and O–H groups in total. The van der Waals surface area contributed by atoms with E-state index in [1.54, 1.807) is 19.2 Å². The molecule has 0 aromatic heterocycles. The van der Waals surface area contributed by atoms with Crippen molar-refractivity contribution in [1.82, 2.24) is 4.31 Å². The van der Waals surface area contributed by atoms with E-state index in [9.17, 15) is 8.42 Å². The molecule has 0 unspecified atom stereocenters. The van der Waals surface area contributed by atoms with E-state index in [1.807, 2.05) is 25.3 Å². The van der Waals surface area contributed by atoms with Crippen LogP contribution >= 0.6 is 0 Å². The molecule has 0 aliphatic heterocycles. The predicted octanol–water partition coefficient (Wildman–Crippen LogP) is 5.15. The van der Waals surface area contributed by atoms with Crippen LogP contribution in [0.3, 0.4) is 0 Å². The van der Waals surface area contributed by atoms with Crippen LogP contribution in [0, 0.1) is 12.8 Å². The normalized spacial score (nSPS) is 17.1. The number of sulfonamides is 1. The molecule has 0 atom stereocenters. The van der Waals surface area contributed by atoms with Crippen molar-refractivity contribution in [2.24, 2.45) is 5.92 Å². The molecule has 0 amide bonds. The van der Waals surface area contributed by atoms with Gasteiger partial charge in [-0.1, -0.05) is 68.1 Å². The van der Waals surface area contributed by atoms with E-state index in [2.05, 4.69) is 13.8 Å². The summed E-state index contributed by atoms with van der Waals surface area (Å²) in [7, 11) is -2.42. The van der Waals surface area contributed by atoms with E-state index in [-0.39, 0.29) is 0 Å². The number of hydrogen-bond acceptors (Lipinski definition) is 2. The van der Waals surface area contributed by atoms with E-state index in [0.717, 1.165) is 5.56 Å². The van der Waals surface area contributed by atoms with Crippen LogP contribution in [-0.4, -0.2) is 28.6 Å². The van der Waals surface area contributed by atoms with Crippen LogP contribution in [0.1, 0.15) is 51.5 Å². The molecule has 5 heteroatoms. The minimum atomic E-state index is -3.47. The van der Waals surface area contributed by atoms with E-state index < -0.39 is 18.8 Å². The smallest absolute Gasteiger partial charge is 0.263 e. The maximum absolute atomic E-state index is 13.0. The van der Waals surface area contributed by atoms with Crippen molar-refractivity contribution in [1.29, 1.82) is 0 Å². The van der Waals surface area contributed by atoms with Crippen LogP contribution in [-0.2, 0) is 10.0 Å². The summed E-state index contributed by atoms with van der Waals surface area (Å²) in [5, 5.41) is 1.44. The van der Waals surface area contributed by atoms with Crippen LogP contribution in [0.5, 0.6) is 0 Å². The van der Waals surface area contributed by atoms with Gasteiger partial charge in [0.25, 0.3) is 10.0 Å². The van der Waals surface area contributed by atoms with Crippen molar-refractivity contribution in [3.63, 3.8) is 0 Å². The minimum Gasteiger partial charge on any atom is -0.277 e. The van der Waals surface area contributed by atoms with Crippen LogP contribution < -0.4 is 0 Å². The van der Waals surface area contributed by atoms with E-state index >= 15 is 0 Å². The van der Waals surface area contributed by atoms with Crippen LogP contribution in [0.4, 0.5) is 0 Å². The second kappa shape index (κ2) is 9.04. The molecule has 1 aliphatic rings. The minimum absolute atomic E-state index is 0.376. The molecule has 0 spiro atoms. The summed E-state index contributed by atoms with van der Waals surface area (Å²) in [4.78, 5) is 0.376. The summed E-state index contributed by atoms with van der Waals surface area (Å²) in [5.41, 5.74) is 1.07. The van der Waals surface area contributed by atoms with Gasteiger partial charge in [0.2, 0.25) is 0 Å². The molecule has 1 radical (unpaired) electrons. The molecule has 2 rings (SSSR count). The number of hydrogen-bond donors (Lipinski definition) is 0. The maximum Gasteiger partial charge on any atom is 0.263 e. The van der Waals surface area contributed by atoms with Gasteiger partial charge in [0.15, 0.2) is 0 Å². The molecule has 0 heterocycles. The summed E-state index contributed by atoms with van der Waals surface area (Å²) in [6, 6.07) is 9.48. The highest BCUT2D eigenvalue weighted by Gasteiger charge is 2.26. The van der Waals surface area contributed by atoms with Gasteiger partial charge in [-0.3, -0.25) is 4.31 Å². The van der Waals surface area contributed by atoms with Gasteiger partial charge in [0.1, 0.15) is 0 Å². The van der Waals surface area contributed by atoms with Gasteiger partial charge in [-0.2, -0.15) is 0 Å². The van der Waals surface area contributed by atoms with Crippen molar-refractivity contribution >= 4 is 18.8 Å². The first-order valence-electron chi connectivity index (χ1n) is 9.51. The summed E-state index contributed by atoms with van der Waals surface area (Å²) >= 11 is 0. The topological polar surface area (TPSA) is 37.4 Å². The SMILES string of the molecule is CC[Si](CC)/C(=C\N(C)S(=O)(=O)c1ccc(C)cc1)C1CCCCC1. The van der Waals surface area contributed by atoms with Crippen molar-refractivity contribution in [3.05, 3.63) is 41.2 Å². The molecular weight excluding hydrogens is 346 g/mol. The number of aryl methyl sites for hydroxylation is 1. The lowest BCUT2D eigenvalue weighted by molar-refractivity contribution is 0.408. The predicted molar refractivity (Wildman–Crippen MR) is 108 cm³/mol. The van der Waals surface area contributed by atoms with Crippen molar-refractivity contribution < 1.29 is 8.42 Å². The Labute approximate surface area is 155 Å². The monoisotopic (exact) mass is 378 g/mol. The Morgan fingerprint density at radius 2 is 1.68 bits per heavy atom. The molecule has 1 aromatic rings. The van der Waals surface area contributed by atoms with Gasteiger partial charge >= 0.3 is 0 Å². The Morgan fingerprint density at radius 1 is 1.12 bits per heavy atom. The first kappa shape index (κ1) is 20.2. The molecule has 25 heavy (non-hydrogen) atoms. The first-order valence-corrected chi connectivity index (χ1v) is 12.9. The third-order valence-corrected chi connectivity index (χ3v) is 10.1. The lowest BCUT2D eigenvalue weighted by Gasteiger charge is -2.30. The Hall–Kier alpha value is -1.07. The molecule has 0 bridgehead atoms. The molecule has 0 saturated heterocycles. The molecule has 1 fully saturated rings. The zero-order valence-corrected chi connectivity index (χ0v) is 17.9. The van der Waals surface area contributed by atoms with Gasteiger partial charge < -0.3 is 0 Å². The third-order valence-electron chi connectivity index (χ3n) is 5.33. The van der Waals surface area contributed by atoms with E-state index in [0.29, 0.717) is 10.8 Å². The highest BCUT2D eigenvalue weighted by atomic mass is 32.2. The third kappa shape index (κ3) is 4.97. The second-order valence-corrected chi connectivity index (χ2v) is 12.3. The van der Waals surface area contributed by atoms with Crippen LogP contribution in [0.2, 0.25) is 12.1 Å². The van der Waals surface area contributed by atoms with Crippen LogP contribution in [0.15, 0.2) is 40.6 Å². The fraction of sp³-hybridized carbons (Fsp3) is 0.600. The number of rotatable bonds is 7. The molecule has 1 aromatic carbocycles. The zero-order valence-electron chi connectivity index (χ0n) is 16.1. The van der Waals surface area contributed by atoms with Crippen molar-refractivity contribution in [2.45, 2.75) is 69.9 Å². The maximum atomic E-state index is 13.0. The lowest BCUT2D eigenvalue weighted by Crippen LogP contribution is -2.28. The number of nitrogens with zero attached hydrogens (tertiary/aromatic N) is 1. The Kier molecular flexibility index (Phi) is 7.32. The van der Waals surface area contributed by atoms with Crippen molar-refractivity contribution in [2.75, 3.05) is 7.05 Å².